The van der Waals surface area contributed by atoms with Gasteiger partial charge in [-0.3, -0.25) is 0 Å². The van der Waals surface area contributed by atoms with E-state index in [2.05, 4.69) is 23.0 Å². The van der Waals surface area contributed by atoms with E-state index in [9.17, 15) is 0 Å². The molecule has 0 amide bonds. The topological polar surface area (TPSA) is 37.9 Å². The van der Waals surface area contributed by atoms with Gasteiger partial charge in [-0.15, -0.1) is 0 Å². The monoisotopic (exact) mass is 228 g/mol. The van der Waals surface area contributed by atoms with Crippen LogP contribution in [-0.2, 0) is 0 Å². The number of aryl methyl sites for hydroxylation is 1. The molecule has 0 atom stereocenters. The third kappa shape index (κ3) is 1.93. The maximum Gasteiger partial charge on any atom is 0.141 e. The van der Waals surface area contributed by atoms with Crippen LogP contribution in [0.5, 0.6) is 5.75 Å². The summed E-state index contributed by atoms with van der Waals surface area (Å²) in [5.41, 5.74) is 3.51. The van der Waals surface area contributed by atoms with Gasteiger partial charge in [-0.05, 0) is 31.9 Å². The van der Waals surface area contributed by atoms with Crippen molar-refractivity contribution in [3.63, 3.8) is 0 Å². The molecule has 1 fully saturated rings. The van der Waals surface area contributed by atoms with Crippen LogP contribution in [0.25, 0.3) is 11.4 Å². The first-order chi connectivity index (χ1) is 8.28. The lowest BCUT2D eigenvalue weighted by Crippen LogP contribution is -1.90. The summed E-state index contributed by atoms with van der Waals surface area (Å²) in [4.78, 5) is 7.86. The largest absolute Gasteiger partial charge is 0.496 e. The molecule has 3 nitrogen and oxygen atoms in total. The van der Waals surface area contributed by atoms with E-state index in [0.717, 1.165) is 17.1 Å². The highest BCUT2D eigenvalue weighted by atomic mass is 16.5. The molecule has 1 N–H and O–H groups in total. The summed E-state index contributed by atoms with van der Waals surface area (Å²) in [6, 6.07) is 6.14. The smallest absolute Gasteiger partial charge is 0.141 e. The number of hydrogen-bond donors (Lipinski definition) is 1. The Morgan fingerprint density at radius 1 is 1.35 bits per heavy atom. The molecule has 88 valence electrons. The molecule has 3 heteroatoms. The number of aromatic nitrogens is 2. The van der Waals surface area contributed by atoms with Gasteiger partial charge >= 0.3 is 0 Å². The summed E-state index contributed by atoms with van der Waals surface area (Å²) in [6.07, 6.45) is 4.52. The minimum absolute atomic E-state index is 0.701. The zero-order valence-corrected chi connectivity index (χ0v) is 10.2. The van der Waals surface area contributed by atoms with Gasteiger partial charge in [0.1, 0.15) is 11.6 Å². The van der Waals surface area contributed by atoms with E-state index in [1.807, 2.05) is 18.3 Å². The minimum Gasteiger partial charge on any atom is -0.496 e. The number of nitrogens with zero attached hydrogens (tertiary/aromatic N) is 1. The van der Waals surface area contributed by atoms with E-state index in [4.69, 9.17) is 4.74 Å². The summed E-state index contributed by atoms with van der Waals surface area (Å²) in [5.74, 6) is 2.48. The summed E-state index contributed by atoms with van der Waals surface area (Å²) in [7, 11) is 1.69. The normalized spacial score (nSPS) is 14.9. The van der Waals surface area contributed by atoms with Gasteiger partial charge in [0, 0.05) is 17.8 Å². The second-order valence-corrected chi connectivity index (χ2v) is 4.67. The van der Waals surface area contributed by atoms with Crippen LogP contribution in [0.2, 0.25) is 0 Å². The van der Waals surface area contributed by atoms with Crippen LogP contribution in [0.1, 0.15) is 30.0 Å². The van der Waals surface area contributed by atoms with Crippen LogP contribution in [0.15, 0.2) is 24.4 Å². The van der Waals surface area contributed by atoms with Crippen molar-refractivity contribution in [1.29, 1.82) is 0 Å². The van der Waals surface area contributed by atoms with Crippen molar-refractivity contribution in [2.45, 2.75) is 25.7 Å². The highest BCUT2D eigenvalue weighted by Gasteiger charge is 2.25. The third-order valence-electron chi connectivity index (χ3n) is 3.22. The molecular formula is C14H16N2O. The van der Waals surface area contributed by atoms with Crippen LogP contribution < -0.4 is 4.74 Å². The van der Waals surface area contributed by atoms with Crippen molar-refractivity contribution in [3.8, 4) is 17.1 Å². The van der Waals surface area contributed by atoms with Gasteiger partial charge in [-0.2, -0.15) is 0 Å². The van der Waals surface area contributed by atoms with E-state index >= 15 is 0 Å². The Morgan fingerprint density at radius 3 is 2.88 bits per heavy atom. The predicted octanol–water partition coefficient (Wildman–Crippen LogP) is 3.27. The minimum atomic E-state index is 0.701. The average molecular weight is 228 g/mol. The van der Waals surface area contributed by atoms with Gasteiger partial charge < -0.3 is 9.72 Å². The van der Waals surface area contributed by atoms with Crippen molar-refractivity contribution in [2.75, 3.05) is 7.11 Å². The quantitative estimate of drug-likeness (QED) is 0.875. The Kier molecular flexibility index (Phi) is 2.39. The Morgan fingerprint density at radius 2 is 2.18 bits per heavy atom. The molecule has 2 aromatic rings. The predicted molar refractivity (Wildman–Crippen MR) is 67.3 cm³/mol. The number of ether oxygens (including phenoxy) is 1. The van der Waals surface area contributed by atoms with Crippen LogP contribution >= 0.6 is 0 Å². The van der Waals surface area contributed by atoms with Crippen LogP contribution in [-0.4, -0.2) is 17.1 Å². The zero-order valence-electron chi connectivity index (χ0n) is 10.2. The van der Waals surface area contributed by atoms with Crippen molar-refractivity contribution in [3.05, 3.63) is 35.7 Å². The highest BCUT2D eigenvalue weighted by Crippen LogP contribution is 2.40. The summed E-state index contributed by atoms with van der Waals surface area (Å²) in [6.45, 7) is 2.08. The number of aromatic amines is 1. The number of benzene rings is 1. The van der Waals surface area contributed by atoms with Gasteiger partial charge in [-0.25, -0.2) is 4.98 Å². The van der Waals surface area contributed by atoms with Gasteiger partial charge in [0.2, 0.25) is 0 Å². The maximum absolute atomic E-state index is 5.38. The second-order valence-electron chi connectivity index (χ2n) is 4.67. The SMILES string of the molecule is COc1ccc(C)cc1-c1ncc(C2CC2)[nH]1. The lowest BCUT2D eigenvalue weighted by molar-refractivity contribution is 0.416. The Balaban J connectivity index is 2.03. The second kappa shape index (κ2) is 3.91. The van der Waals surface area contributed by atoms with E-state index in [-0.39, 0.29) is 0 Å². The average Bonchev–Trinajstić information content (AvgIpc) is 3.07. The first kappa shape index (κ1) is 10.4. The molecule has 0 unspecified atom stereocenters. The van der Waals surface area contributed by atoms with Crippen molar-refractivity contribution < 1.29 is 4.74 Å². The summed E-state index contributed by atoms with van der Waals surface area (Å²) >= 11 is 0. The van der Waals surface area contributed by atoms with E-state index in [1.54, 1.807) is 7.11 Å². The molecule has 0 radical (unpaired) electrons. The molecule has 1 aliphatic rings. The molecule has 0 saturated heterocycles. The lowest BCUT2D eigenvalue weighted by atomic mass is 10.1. The molecular weight excluding hydrogens is 212 g/mol. The molecule has 1 aliphatic carbocycles. The molecule has 0 aliphatic heterocycles. The first-order valence-electron chi connectivity index (χ1n) is 5.98. The van der Waals surface area contributed by atoms with Crippen molar-refractivity contribution in [1.82, 2.24) is 9.97 Å². The van der Waals surface area contributed by atoms with Gasteiger partial charge in [-0.1, -0.05) is 11.6 Å². The lowest BCUT2D eigenvalue weighted by Gasteiger charge is -2.07. The summed E-state index contributed by atoms with van der Waals surface area (Å²) in [5, 5.41) is 0. The molecule has 1 heterocycles. The Hall–Kier alpha value is -1.77. The molecule has 0 spiro atoms. The maximum atomic E-state index is 5.38. The zero-order chi connectivity index (χ0) is 11.8. The van der Waals surface area contributed by atoms with Crippen LogP contribution in [0.3, 0.4) is 0 Å². The van der Waals surface area contributed by atoms with Crippen LogP contribution in [0, 0.1) is 6.92 Å². The number of H-pyrrole nitrogens is 1. The Labute approximate surface area is 101 Å². The van der Waals surface area contributed by atoms with Crippen molar-refractivity contribution in [2.24, 2.45) is 0 Å². The highest BCUT2D eigenvalue weighted by molar-refractivity contribution is 5.65. The number of rotatable bonds is 3. The number of hydrogen-bond acceptors (Lipinski definition) is 2. The summed E-state index contributed by atoms with van der Waals surface area (Å²) < 4.78 is 5.38. The van der Waals surface area contributed by atoms with E-state index in [0.29, 0.717) is 5.92 Å². The van der Waals surface area contributed by atoms with Crippen molar-refractivity contribution >= 4 is 0 Å². The molecule has 1 saturated carbocycles. The molecule has 3 rings (SSSR count). The molecule has 1 aromatic carbocycles. The first-order valence-corrected chi connectivity index (χ1v) is 5.98. The molecule has 1 aromatic heterocycles. The van der Waals surface area contributed by atoms with Gasteiger partial charge in [0.15, 0.2) is 0 Å². The van der Waals surface area contributed by atoms with E-state index in [1.165, 1.54) is 24.1 Å². The fraction of sp³-hybridized carbons (Fsp3) is 0.357. The Bertz CT molecular complexity index is 541. The fourth-order valence-electron chi connectivity index (χ4n) is 2.08. The standard InChI is InChI=1S/C14H16N2O/c1-9-3-6-13(17-2)11(7-9)14-15-8-12(16-14)10-4-5-10/h3,6-8,10H,4-5H2,1-2H3,(H,15,16). The number of nitrogens with one attached hydrogen (secondary N) is 1. The number of methoxy groups -OCH3 is 1. The molecule has 17 heavy (non-hydrogen) atoms. The fourth-order valence-corrected chi connectivity index (χ4v) is 2.08. The van der Waals surface area contributed by atoms with E-state index < -0.39 is 0 Å². The number of imidazole rings is 1. The van der Waals surface area contributed by atoms with Crippen LogP contribution in [0.4, 0.5) is 0 Å². The van der Waals surface area contributed by atoms with Gasteiger partial charge in [0.05, 0.1) is 12.7 Å². The third-order valence-corrected chi connectivity index (χ3v) is 3.22. The molecule has 0 bridgehead atoms. The van der Waals surface area contributed by atoms with Gasteiger partial charge in [0.25, 0.3) is 0 Å².